The molecule has 1 atom stereocenters. The fourth-order valence-corrected chi connectivity index (χ4v) is 3.76. The molecule has 0 radical (unpaired) electrons. The van der Waals surface area contributed by atoms with Crippen LogP contribution in [0, 0.1) is 0 Å². The second-order valence-electron chi connectivity index (χ2n) is 7.56. The summed E-state index contributed by atoms with van der Waals surface area (Å²) in [6, 6.07) is 17.5. The highest BCUT2D eigenvalue weighted by atomic mass is 16.5. The average molecular weight is 396 g/mol. The van der Waals surface area contributed by atoms with E-state index in [1.165, 1.54) is 0 Å². The topological polar surface area (TPSA) is 44.8 Å². The number of anilines is 1. The predicted molar refractivity (Wildman–Crippen MR) is 118 cm³/mol. The average Bonchev–Trinajstić information content (AvgIpc) is 3.19. The number of hydrogen-bond donors (Lipinski definition) is 1. The molecular formula is C24H33N3O2. The third kappa shape index (κ3) is 6.67. The van der Waals surface area contributed by atoms with E-state index in [1.54, 1.807) is 0 Å². The van der Waals surface area contributed by atoms with Gasteiger partial charge in [0.05, 0.1) is 12.7 Å². The molecule has 1 N–H and O–H groups in total. The number of hydrogen-bond acceptors (Lipinski definition) is 4. The molecule has 1 aliphatic heterocycles. The SMILES string of the molecule is CCN(CC)CCOC1CCN(Cc2cccc(C(=O)Nc3ccccc3)c2)C1. The maximum absolute atomic E-state index is 12.5. The van der Waals surface area contributed by atoms with Crippen molar-refractivity contribution in [2.45, 2.75) is 32.9 Å². The largest absolute Gasteiger partial charge is 0.376 e. The number of para-hydroxylation sites is 1. The first-order chi connectivity index (χ1) is 14.2. The van der Waals surface area contributed by atoms with Crippen LogP contribution < -0.4 is 5.32 Å². The Kier molecular flexibility index (Phi) is 8.23. The van der Waals surface area contributed by atoms with E-state index in [9.17, 15) is 4.79 Å². The van der Waals surface area contributed by atoms with Crippen molar-refractivity contribution in [2.24, 2.45) is 0 Å². The van der Waals surface area contributed by atoms with Gasteiger partial charge in [-0.25, -0.2) is 0 Å². The van der Waals surface area contributed by atoms with Crippen molar-refractivity contribution in [1.82, 2.24) is 9.80 Å². The number of likely N-dealkylation sites (tertiary alicyclic amines) is 1. The zero-order valence-corrected chi connectivity index (χ0v) is 17.6. The molecule has 1 saturated heterocycles. The van der Waals surface area contributed by atoms with E-state index in [0.717, 1.165) is 63.5 Å². The number of likely N-dealkylation sites (N-methyl/N-ethyl adjacent to an activating group) is 1. The summed E-state index contributed by atoms with van der Waals surface area (Å²) in [4.78, 5) is 17.3. The van der Waals surface area contributed by atoms with Crippen molar-refractivity contribution in [1.29, 1.82) is 0 Å². The smallest absolute Gasteiger partial charge is 0.255 e. The summed E-state index contributed by atoms with van der Waals surface area (Å²) in [7, 11) is 0. The van der Waals surface area contributed by atoms with E-state index in [0.29, 0.717) is 11.7 Å². The Morgan fingerprint density at radius 1 is 1.14 bits per heavy atom. The van der Waals surface area contributed by atoms with Crippen LogP contribution in [0.1, 0.15) is 36.2 Å². The van der Waals surface area contributed by atoms with Crippen molar-refractivity contribution in [2.75, 3.05) is 44.6 Å². The van der Waals surface area contributed by atoms with Crippen LogP contribution in [0.5, 0.6) is 0 Å². The Labute approximate surface area is 174 Å². The fraction of sp³-hybridized carbons (Fsp3) is 0.458. The third-order valence-corrected chi connectivity index (χ3v) is 5.51. The molecule has 2 aromatic carbocycles. The van der Waals surface area contributed by atoms with Crippen molar-refractivity contribution >= 4 is 11.6 Å². The number of nitrogens with one attached hydrogen (secondary N) is 1. The standard InChI is InChI=1S/C24H33N3O2/c1-3-26(4-2)15-16-29-23-13-14-27(19-23)18-20-9-8-10-21(17-20)24(28)25-22-11-6-5-7-12-22/h5-12,17,23H,3-4,13-16,18-19H2,1-2H3,(H,25,28). The molecule has 1 fully saturated rings. The van der Waals surface area contributed by atoms with Gasteiger partial charge in [0.25, 0.3) is 5.91 Å². The third-order valence-electron chi connectivity index (χ3n) is 5.51. The van der Waals surface area contributed by atoms with Crippen LogP contribution in [-0.4, -0.2) is 61.1 Å². The van der Waals surface area contributed by atoms with Gasteiger partial charge in [-0.3, -0.25) is 9.69 Å². The Hall–Kier alpha value is -2.21. The molecule has 1 heterocycles. The monoisotopic (exact) mass is 395 g/mol. The lowest BCUT2D eigenvalue weighted by Gasteiger charge is -2.20. The second kappa shape index (κ2) is 11.1. The summed E-state index contributed by atoms with van der Waals surface area (Å²) in [5, 5.41) is 2.95. The van der Waals surface area contributed by atoms with Gasteiger partial charge in [0.15, 0.2) is 0 Å². The van der Waals surface area contributed by atoms with Gasteiger partial charge in [-0.05, 0) is 49.3 Å². The number of amides is 1. The van der Waals surface area contributed by atoms with Gasteiger partial charge in [-0.2, -0.15) is 0 Å². The number of carbonyl (C=O) groups excluding carboxylic acids is 1. The first-order valence-electron chi connectivity index (χ1n) is 10.7. The van der Waals surface area contributed by atoms with Crippen molar-refractivity contribution in [3.05, 3.63) is 65.7 Å². The van der Waals surface area contributed by atoms with E-state index in [1.807, 2.05) is 48.5 Å². The van der Waals surface area contributed by atoms with E-state index in [-0.39, 0.29) is 5.91 Å². The minimum atomic E-state index is -0.0721. The Morgan fingerprint density at radius 2 is 1.93 bits per heavy atom. The summed E-state index contributed by atoms with van der Waals surface area (Å²) in [6.45, 7) is 11.2. The van der Waals surface area contributed by atoms with Gasteiger partial charge in [-0.1, -0.05) is 44.2 Å². The molecule has 3 rings (SSSR count). The van der Waals surface area contributed by atoms with E-state index in [4.69, 9.17) is 4.74 Å². The van der Waals surface area contributed by atoms with Crippen LogP contribution in [0.25, 0.3) is 0 Å². The lowest BCUT2D eigenvalue weighted by Crippen LogP contribution is -2.29. The molecular weight excluding hydrogens is 362 g/mol. The van der Waals surface area contributed by atoms with Crippen LogP contribution in [0.3, 0.4) is 0 Å². The van der Waals surface area contributed by atoms with E-state index in [2.05, 4.69) is 35.0 Å². The molecule has 1 aliphatic rings. The molecule has 0 aliphatic carbocycles. The molecule has 29 heavy (non-hydrogen) atoms. The fourth-order valence-electron chi connectivity index (χ4n) is 3.76. The van der Waals surface area contributed by atoms with Gasteiger partial charge in [0, 0.05) is 37.4 Å². The van der Waals surface area contributed by atoms with Gasteiger partial charge in [-0.15, -0.1) is 0 Å². The van der Waals surface area contributed by atoms with Gasteiger partial charge in [0.1, 0.15) is 0 Å². The molecule has 0 bridgehead atoms. The number of nitrogens with zero attached hydrogens (tertiary/aromatic N) is 2. The molecule has 1 unspecified atom stereocenters. The number of carbonyl (C=O) groups is 1. The van der Waals surface area contributed by atoms with Crippen LogP contribution in [0.15, 0.2) is 54.6 Å². The summed E-state index contributed by atoms with van der Waals surface area (Å²) < 4.78 is 6.09. The zero-order valence-electron chi connectivity index (χ0n) is 17.6. The molecule has 0 aromatic heterocycles. The summed E-state index contributed by atoms with van der Waals surface area (Å²) in [5.41, 5.74) is 2.67. The van der Waals surface area contributed by atoms with Gasteiger partial charge >= 0.3 is 0 Å². The normalized spacial score (nSPS) is 17.0. The van der Waals surface area contributed by atoms with Crippen LogP contribution in [0.4, 0.5) is 5.69 Å². The van der Waals surface area contributed by atoms with Gasteiger partial charge < -0.3 is 15.0 Å². The van der Waals surface area contributed by atoms with Crippen LogP contribution in [0.2, 0.25) is 0 Å². The number of benzene rings is 2. The highest BCUT2D eigenvalue weighted by Crippen LogP contribution is 2.17. The zero-order chi connectivity index (χ0) is 20.5. The summed E-state index contributed by atoms with van der Waals surface area (Å²) >= 11 is 0. The molecule has 2 aromatic rings. The molecule has 5 heteroatoms. The van der Waals surface area contributed by atoms with Crippen molar-refractivity contribution in [3.8, 4) is 0 Å². The highest BCUT2D eigenvalue weighted by Gasteiger charge is 2.23. The predicted octanol–water partition coefficient (Wildman–Crippen LogP) is 3.87. The first kappa shape index (κ1) is 21.5. The lowest BCUT2D eigenvalue weighted by molar-refractivity contribution is 0.0439. The van der Waals surface area contributed by atoms with Crippen LogP contribution in [-0.2, 0) is 11.3 Å². The molecule has 1 amide bonds. The summed E-state index contributed by atoms with van der Waals surface area (Å²) in [5.74, 6) is -0.0721. The van der Waals surface area contributed by atoms with Crippen LogP contribution >= 0.6 is 0 Å². The van der Waals surface area contributed by atoms with E-state index < -0.39 is 0 Å². The Balaban J connectivity index is 1.47. The van der Waals surface area contributed by atoms with Crippen molar-refractivity contribution < 1.29 is 9.53 Å². The molecule has 0 spiro atoms. The minimum Gasteiger partial charge on any atom is -0.376 e. The highest BCUT2D eigenvalue weighted by molar-refractivity contribution is 6.04. The maximum Gasteiger partial charge on any atom is 0.255 e. The first-order valence-corrected chi connectivity index (χ1v) is 10.7. The Morgan fingerprint density at radius 3 is 2.69 bits per heavy atom. The summed E-state index contributed by atoms with van der Waals surface area (Å²) in [6.07, 6.45) is 1.39. The van der Waals surface area contributed by atoms with Gasteiger partial charge in [0.2, 0.25) is 0 Å². The second-order valence-corrected chi connectivity index (χ2v) is 7.56. The molecule has 0 saturated carbocycles. The quantitative estimate of drug-likeness (QED) is 0.663. The molecule has 5 nitrogen and oxygen atoms in total. The Bertz CT molecular complexity index is 762. The number of ether oxygens (including phenoxy) is 1. The number of rotatable bonds is 10. The minimum absolute atomic E-state index is 0.0721. The lowest BCUT2D eigenvalue weighted by atomic mass is 10.1. The van der Waals surface area contributed by atoms with Crippen molar-refractivity contribution in [3.63, 3.8) is 0 Å². The maximum atomic E-state index is 12.5. The van der Waals surface area contributed by atoms with E-state index >= 15 is 0 Å². The molecule has 156 valence electrons.